The summed E-state index contributed by atoms with van der Waals surface area (Å²) in [6, 6.07) is 0. The van der Waals surface area contributed by atoms with E-state index in [1.165, 1.54) is 0 Å². The summed E-state index contributed by atoms with van der Waals surface area (Å²) in [5.41, 5.74) is -0.544. The van der Waals surface area contributed by atoms with Crippen LogP contribution in [0.5, 0.6) is 0 Å². The Kier molecular flexibility index (Phi) is 4.08. The maximum atomic E-state index is 12.7. The zero-order valence-corrected chi connectivity index (χ0v) is 13.8. The minimum absolute atomic E-state index is 0.00598. The number of aliphatic hydroxyl groups is 1. The summed E-state index contributed by atoms with van der Waals surface area (Å²) in [6.07, 6.45) is 4.94. The summed E-state index contributed by atoms with van der Waals surface area (Å²) >= 11 is 0. The topological polar surface area (TPSA) is 67.8 Å². The molecule has 1 saturated heterocycles. The molecule has 7 atom stereocenters. The van der Waals surface area contributed by atoms with Gasteiger partial charge in [-0.2, -0.15) is 0 Å². The van der Waals surface area contributed by atoms with Gasteiger partial charge >= 0.3 is 0 Å². The lowest BCUT2D eigenvalue weighted by Crippen LogP contribution is -2.52. The summed E-state index contributed by atoms with van der Waals surface area (Å²) in [5, 5.41) is 13.5. The quantitative estimate of drug-likeness (QED) is 0.775. The second kappa shape index (κ2) is 5.62. The Balaban J connectivity index is 1.93. The van der Waals surface area contributed by atoms with Crippen LogP contribution in [0.15, 0.2) is 12.2 Å². The number of aliphatic hydroxyl groups excluding tert-OH is 1. The Morgan fingerprint density at radius 3 is 2.73 bits per heavy atom. The number of methoxy groups -OCH3 is 1. The van der Waals surface area contributed by atoms with E-state index in [1.54, 1.807) is 7.11 Å². The molecule has 2 fully saturated rings. The van der Waals surface area contributed by atoms with Gasteiger partial charge in [0, 0.05) is 25.4 Å². The van der Waals surface area contributed by atoms with Crippen LogP contribution in [-0.2, 0) is 14.3 Å². The van der Waals surface area contributed by atoms with Crippen molar-refractivity contribution < 1.29 is 19.4 Å². The van der Waals surface area contributed by atoms with Gasteiger partial charge in [0.25, 0.3) is 0 Å². The van der Waals surface area contributed by atoms with Gasteiger partial charge in [0.1, 0.15) is 6.23 Å². The highest BCUT2D eigenvalue weighted by Gasteiger charge is 2.61. The fourth-order valence-corrected chi connectivity index (χ4v) is 4.55. The molecule has 22 heavy (non-hydrogen) atoms. The Bertz CT molecular complexity index is 477. The first-order valence-electron chi connectivity index (χ1n) is 8.23. The number of ether oxygens (including phenoxy) is 2. The van der Waals surface area contributed by atoms with Crippen LogP contribution < -0.4 is 5.32 Å². The Labute approximate surface area is 132 Å². The fraction of sp³-hybridized carbons (Fsp3) is 0.824. The third-order valence-electron chi connectivity index (χ3n) is 5.77. The van der Waals surface area contributed by atoms with Crippen LogP contribution in [0.2, 0.25) is 0 Å². The van der Waals surface area contributed by atoms with Crippen molar-refractivity contribution >= 4 is 5.91 Å². The molecule has 3 aliphatic rings. The molecule has 0 aromatic carbocycles. The van der Waals surface area contributed by atoms with Gasteiger partial charge in [0.2, 0.25) is 5.91 Å². The first-order chi connectivity index (χ1) is 10.4. The van der Waals surface area contributed by atoms with Gasteiger partial charge in [-0.25, -0.2) is 0 Å². The van der Waals surface area contributed by atoms with Crippen molar-refractivity contribution in [2.45, 2.75) is 58.2 Å². The van der Waals surface area contributed by atoms with Crippen molar-refractivity contribution in [1.29, 1.82) is 0 Å². The maximum Gasteiger partial charge on any atom is 0.229 e. The zero-order chi connectivity index (χ0) is 16.1. The van der Waals surface area contributed by atoms with Crippen molar-refractivity contribution in [2.24, 2.45) is 23.2 Å². The van der Waals surface area contributed by atoms with Crippen molar-refractivity contribution in [3.63, 3.8) is 0 Å². The van der Waals surface area contributed by atoms with E-state index < -0.39 is 11.5 Å². The lowest BCUT2D eigenvalue weighted by Gasteiger charge is -2.49. The lowest BCUT2D eigenvalue weighted by atomic mass is 9.56. The summed E-state index contributed by atoms with van der Waals surface area (Å²) in [4.78, 5) is 12.7. The van der Waals surface area contributed by atoms with Crippen LogP contribution in [0, 0.1) is 23.2 Å². The fourth-order valence-electron chi connectivity index (χ4n) is 4.55. The highest BCUT2D eigenvalue weighted by atomic mass is 16.5. The van der Waals surface area contributed by atoms with Crippen LogP contribution in [0.25, 0.3) is 0 Å². The molecule has 5 nitrogen and oxygen atoms in total. The molecular formula is C17H27NO4. The van der Waals surface area contributed by atoms with E-state index in [9.17, 15) is 9.90 Å². The number of nitrogens with one attached hydrogen (secondary N) is 1. The van der Waals surface area contributed by atoms with E-state index in [1.807, 2.05) is 20.8 Å². The molecule has 1 saturated carbocycles. The van der Waals surface area contributed by atoms with Gasteiger partial charge in [0.15, 0.2) is 0 Å². The molecule has 3 rings (SSSR count). The summed E-state index contributed by atoms with van der Waals surface area (Å²) in [5.74, 6) is 0.145. The second-order valence-corrected chi connectivity index (χ2v) is 7.35. The normalized spacial score (nSPS) is 47.3. The summed E-state index contributed by atoms with van der Waals surface area (Å²) in [6.45, 7) is 5.97. The highest BCUT2D eigenvalue weighted by molar-refractivity contribution is 5.86. The smallest absolute Gasteiger partial charge is 0.229 e. The van der Waals surface area contributed by atoms with Crippen LogP contribution in [-0.4, -0.2) is 42.7 Å². The van der Waals surface area contributed by atoms with Gasteiger partial charge in [-0.15, -0.1) is 0 Å². The number of carbonyl (C=O) groups excluding carboxylic acids is 1. The van der Waals surface area contributed by atoms with Crippen molar-refractivity contribution in [2.75, 3.05) is 7.11 Å². The van der Waals surface area contributed by atoms with Gasteiger partial charge in [0.05, 0.1) is 23.7 Å². The first kappa shape index (κ1) is 16.0. The van der Waals surface area contributed by atoms with Gasteiger partial charge < -0.3 is 19.9 Å². The maximum absolute atomic E-state index is 12.7. The number of fused-ring (bicyclic) bond motifs is 3. The SMILES string of the molecule is CO[C@H]1C[C@@H]2[C@@H](C=CC3[C@@H](OC(C)C)NC(=O)[C@@]32C)[C@@H](O)C1. The van der Waals surface area contributed by atoms with Crippen LogP contribution in [0.3, 0.4) is 0 Å². The Hall–Kier alpha value is -0.910. The number of rotatable bonds is 3. The first-order valence-corrected chi connectivity index (χ1v) is 8.23. The third-order valence-corrected chi connectivity index (χ3v) is 5.77. The molecule has 2 aliphatic carbocycles. The molecule has 5 heteroatoms. The molecule has 0 aromatic rings. The highest BCUT2D eigenvalue weighted by Crippen LogP contribution is 2.54. The number of amides is 1. The molecule has 2 N–H and O–H groups in total. The third kappa shape index (κ3) is 2.30. The van der Waals surface area contributed by atoms with Gasteiger partial charge in [-0.05, 0) is 33.1 Å². The number of carbonyl (C=O) groups is 1. The number of hydrogen-bond donors (Lipinski definition) is 2. The lowest BCUT2D eigenvalue weighted by molar-refractivity contribution is -0.138. The van der Waals surface area contributed by atoms with Crippen molar-refractivity contribution in [3.8, 4) is 0 Å². The minimum atomic E-state index is -0.544. The van der Waals surface area contributed by atoms with Crippen LogP contribution in [0.4, 0.5) is 0 Å². The molecule has 1 aliphatic heterocycles. The molecule has 0 bridgehead atoms. The largest absolute Gasteiger partial charge is 0.392 e. The van der Waals surface area contributed by atoms with Crippen LogP contribution >= 0.6 is 0 Å². The van der Waals surface area contributed by atoms with E-state index in [4.69, 9.17) is 9.47 Å². The minimum Gasteiger partial charge on any atom is -0.392 e. The molecule has 0 spiro atoms. The molecule has 0 aromatic heterocycles. The van der Waals surface area contributed by atoms with E-state index in [0.29, 0.717) is 6.42 Å². The molecule has 124 valence electrons. The van der Waals surface area contributed by atoms with Crippen molar-refractivity contribution in [1.82, 2.24) is 5.32 Å². The average molecular weight is 309 g/mol. The monoisotopic (exact) mass is 309 g/mol. The molecule has 1 heterocycles. The van der Waals surface area contributed by atoms with E-state index >= 15 is 0 Å². The Morgan fingerprint density at radius 1 is 1.36 bits per heavy atom. The standard InChI is InChI=1S/C17H27NO4/c1-9(2)22-15-12-6-5-11-13(17(12,3)16(20)18-15)7-10(21-4)8-14(11)19/h5-6,9-15,19H,7-8H2,1-4H3,(H,18,20)/t10-,11+,12?,13+,14-,15+,17-/m0/s1. The summed E-state index contributed by atoms with van der Waals surface area (Å²) in [7, 11) is 1.68. The van der Waals surface area contributed by atoms with E-state index in [2.05, 4.69) is 17.5 Å². The average Bonchev–Trinajstić information content (AvgIpc) is 2.70. The van der Waals surface area contributed by atoms with Crippen molar-refractivity contribution in [3.05, 3.63) is 12.2 Å². The second-order valence-electron chi connectivity index (χ2n) is 7.35. The summed E-state index contributed by atoms with van der Waals surface area (Å²) < 4.78 is 11.4. The molecule has 1 amide bonds. The van der Waals surface area contributed by atoms with E-state index in [-0.39, 0.29) is 42.1 Å². The molecule has 1 unspecified atom stereocenters. The zero-order valence-electron chi connectivity index (χ0n) is 13.8. The number of hydrogen-bond acceptors (Lipinski definition) is 4. The predicted molar refractivity (Wildman–Crippen MR) is 81.9 cm³/mol. The molecule has 0 radical (unpaired) electrons. The van der Waals surface area contributed by atoms with Crippen LogP contribution in [0.1, 0.15) is 33.6 Å². The Morgan fingerprint density at radius 2 is 2.09 bits per heavy atom. The molecular weight excluding hydrogens is 282 g/mol. The van der Waals surface area contributed by atoms with Gasteiger partial charge in [-0.3, -0.25) is 4.79 Å². The van der Waals surface area contributed by atoms with E-state index in [0.717, 1.165) is 6.42 Å². The van der Waals surface area contributed by atoms with Gasteiger partial charge in [-0.1, -0.05) is 12.2 Å². The predicted octanol–water partition coefficient (Wildman–Crippen LogP) is 1.46.